The third-order valence-corrected chi connectivity index (χ3v) is 4.40. The normalized spacial score (nSPS) is 14.9. The molecule has 0 radical (unpaired) electrons. The summed E-state index contributed by atoms with van der Waals surface area (Å²) in [6, 6.07) is 6.23. The molecule has 24 heavy (non-hydrogen) atoms. The number of aromatic amines is 1. The molecular weight excluding hydrogens is 305 g/mol. The van der Waals surface area contributed by atoms with Crippen LogP contribution in [0.2, 0.25) is 0 Å². The highest BCUT2D eigenvalue weighted by Gasteiger charge is 2.21. The maximum Gasteiger partial charge on any atom is 0.133 e. The van der Waals surface area contributed by atoms with Gasteiger partial charge in [0.1, 0.15) is 29.8 Å². The van der Waals surface area contributed by atoms with E-state index in [-0.39, 0.29) is 11.9 Å². The van der Waals surface area contributed by atoms with Crippen molar-refractivity contribution in [3.8, 4) is 0 Å². The summed E-state index contributed by atoms with van der Waals surface area (Å²) in [5, 5.41) is 3.48. The minimum absolute atomic E-state index is 0.221. The number of nitrogens with one attached hydrogen (secondary N) is 2. The predicted octanol–water partition coefficient (Wildman–Crippen LogP) is 3.42. The van der Waals surface area contributed by atoms with E-state index in [0.29, 0.717) is 0 Å². The van der Waals surface area contributed by atoms with Gasteiger partial charge in [0.25, 0.3) is 0 Å². The number of hydrogen-bond acceptors (Lipinski definition) is 4. The Kier molecular flexibility index (Phi) is 3.94. The summed E-state index contributed by atoms with van der Waals surface area (Å²) in [6.07, 6.45) is 9.39. The van der Waals surface area contributed by atoms with Gasteiger partial charge in [-0.05, 0) is 43.4 Å². The molecular formula is C18H18FN5. The van der Waals surface area contributed by atoms with E-state index in [1.807, 2.05) is 0 Å². The van der Waals surface area contributed by atoms with Gasteiger partial charge in [-0.1, -0.05) is 12.1 Å². The van der Waals surface area contributed by atoms with Crippen LogP contribution < -0.4 is 5.32 Å². The van der Waals surface area contributed by atoms with Crippen molar-refractivity contribution in [1.82, 2.24) is 19.9 Å². The molecule has 1 unspecified atom stereocenters. The van der Waals surface area contributed by atoms with E-state index in [2.05, 4.69) is 25.3 Å². The molecule has 2 aromatic heterocycles. The summed E-state index contributed by atoms with van der Waals surface area (Å²) < 4.78 is 13.3. The van der Waals surface area contributed by atoms with E-state index in [0.717, 1.165) is 42.2 Å². The minimum Gasteiger partial charge on any atom is -0.356 e. The number of aromatic nitrogens is 4. The number of fused-ring (bicyclic) bond motifs is 1. The number of H-pyrrole nitrogens is 1. The molecule has 0 saturated heterocycles. The summed E-state index contributed by atoms with van der Waals surface area (Å²) in [7, 11) is 0. The fourth-order valence-corrected chi connectivity index (χ4v) is 3.18. The Hall–Kier alpha value is -2.76. The van der Waals surface area contributed by atoms with Gasteiger partial charge in [-0.3, -0.25) is 0 Å². The highest BCUT2D eigenvalue weighted by Crippen LogP contribution is 2.29. The Morgan fingerprint density at radius 1 is 1.04 bits per heavy atom. The monoisotopic (exact) mass is 323 g/mol. The van der Waals surface area contributed by atoms with Crippen molar-refractivity contribution in [1.29, 1.82) is 0 Å². The molecule has 3 aromatic rings. The van der Waals surface area contributed by atoms with Gasteiger partial charge in [0.05, 0.1) is 0 Å². The molecule has 122 valence electrons. The lowest BCUT2D eigenvalue weighted by molar-refractivity contribution is 0.626. The van der Waals surface area contributed by atoms with Gasteiger partial charge in [-0.2, -0.15) is 0 Å². The number of nitrogens with zero attached hydrogens (tertiary/aromatic N) is 3. The smallest absolute Gasteiger partial charge is 0.133 e. The van der Waals surface area contributed by atoms with Crippen LogP contribution in [0, 0.1) is 5.82 Å². The summed E-state index contributed by atoms with van der Waals surface area (Å²) >= 11 is 0. The number of halogens is 1. The van der Waals surface area contributed by atoms with Gasteiger partial charge in [0.15, 0.2) is 0 Å². The number of hydrogen-bond donors (Lipinski definition) is 2. The lowest BCUT2D eigenvalue weighted by atomic mass is 9.96. The van der Waals surface area contributed by atoms with Crippen molar-refractivity contribution < 1.29 is 4.39 Å². The molecule has 0 aliphatic heterocycles. The van der Waals surface area contributed by atoms with Crippen LogP contribution >= 0.6 is 0 Å². The molecule has 6 heteroatoms. The van der Waals surface area contributed by atoms with Crippen molar-refractivity contribution in [2.45, 2.75) is 31.7 Å². The average molecular weight is 323 g/mol. The molecule has 0 bridgehead atoms. The van der Waals surface area contributed by atoms with Crippen molar-refractivity contribution in [2.75, 3.05) is 5.32 Å². The molecule has 1 aliphatic carbocycles. The maximum absolute atomic E-state index is 13.3. The van der Waals surface area contributed by atoms with Crippen LogP contribution in [0.3, 0.4) is 0 Å². The zero-order valence-electron chi connectivity index (χ0n) is 13.2. The first-order valence-electron chi connectivity index (χ1n) is 8.15. The number of aryl methyl sites for hydroxylation is 1. The summed E-state index contributed by atoms with van der Waals surface area (Å²) in [5.41, 5.74) is 3.23. The molecule has 2 heterocycles. The first-order chi connectivity index (χ1) is 11.8. The summed E-state index contributed by atoms with van der Waals surface area (Å²) in [4.78, 5) is 16.4. The lowest BCUT2D eigenvalue weighted by Gasteiger charge is -2.22. The first kappa shape index (κ1) is 14.8. The molecule has 2 N–H and O–H groups in total. The van der Waals surface area contributed by atoms with Crippen molar-refractivity contribution in [3.05, 3.63) is 71.4 Å². The maximum atomic E-state index is 13.3. The van der Waals surface area contributed by atoms with E-state index >= 15 is 0 Å². The molecule has 0 saturated carbocycles. The molecule has 1 atom stereocenters. The van der Waals surface area contributed by atoms with Crippen LogP contribution in [-0.4, -0.2) is 19.9 Å². The average Bonchev–Trinajstić information content (AvgIpc) is 3.15. The topological polar surface area (TPSA) is 66.5 Å². The second kappa shape index (κ2) is 6.39. The zero-order chi connectivity index (χ0) is 16.4. The van der Waals surface area contributed by atoms with Gasteiger partial charge >= 0.3 is 0 Å². The number of anilines is 1. The Morgan fingerprint density at radius 2 is 1.88 bits per heavy atom. The number of imidazole rings is 1. The largest absolute Gasteiger partial charge is 0.356 e. The van der Waals surface area contributed by atoms with Gasteiger partial charge in [-0.15, -0.1) is 0 Å². The molecule has 0 fully saturated rings. The second-order valence-electron chi connectivity index (χ2n) is 5.96. The Labute approximate surface area is 139 Å². The third kappa shape index (κ3) is 2.87. The van der Waals surface area contributed by atoms with E-state index in [1.54, 1.807) is 30.9 Å². The SMILES string of the molecule is Fc1ccc(C(Nc2ncnc3c2CCCC3)c2ncc[nH]2)cc1. The van der Waals surface area contributed by atoms with Gasteiger partial charge in [-0.25, -0.2) is 19.3 Å². The molecule has 1 aromatic carbocycles. The van der Waals surface area contributed by atoms with E-state index in [9.17, 15) is 4.39 Å². The van der Waals surface area contributed by atoms with E-state index in [4.69, 9.17) is 0 Å². The Balaban J connectivity index is 1.72. The molecule has 1 aliphatic rings. The van der Waals surface area contributed by atoms with Crippen molar-refractivity contribution in [3.63, 3.8) is 0 Å². The highest BCUT2D eigenvalue weighted by molar-refractivity contribution is 5.50. The quantitative estimate of drug-likeness (QED) is 0.772. The predicted molar refractivity (Wildman–Crippen MR) is 89.1 cm³/mol. The Morgan fingerprint density at radius 3 is 2.67 bits per heavy atom. The Bertz CT molecular complexity index is 814. The van der Waals surface area contributed by atoms with E-state index < -0.39 is 0 Å². The van der Waals surface area contributed by atoms with Gasteiger partial charge in [0.2, 0.25) is 0 Å². The van der Waals surface area contributed by atoms with E-state index in [1.165, 1.54) is 24.1 Å². The summed E-state index contributed by atoms with van der Waals surface area (Å²) in [5.74, 6) is 1.35. The molecule has 0 amide bonds. The fraction of sp³-hybridized carbons (Fsp3) is 0.278. The lowest BCUT2D eigenvalue weighted by Crippen LogP contribution is -2.18. The zero-order valence-corrected chi connectivity index (χ0v) is 13.2. The molecule has 4 rings (SSSR count). The van der Waals surface area contributed by atoms with Crippen molar-refractivity contribution >= 4 is 5.82 Å². The van der Waals surface area contributed by atoms with Crippen LogP contribution in [0.5, 0.6) is 0 Å². The molecule has 5 nitrogen and oxygen atoms in total. The summed E-state index contributed by atoms with van der Waals surface area (Å²) in [6.45, 7) is 0. The third-order valence-electron chi connectivity index (χ3n) is 4.40. The fourth-order valence-electron chi connectivity index (χ4n) is 3.18. The second-order valence-corrected chi connectivity index (χ2v) is 5.96. The van der Waals surface area contributed by atoms with Gasteiger partial charge < -0.3 is 10.3 Å². The van der Waals surface area contributed by atoms with Crippen LogP contribution in [0.25, 0.3) is 0 Å². The van der Waals surface area contributed by atoms with Crippen LogP contribution in [0.1, 0.15) is 41.5 Å². The van der Waals surface area contributed by atoms with Crippen LogP contribution in [0.4, 0.5) is 10.2 Å². The van der Waals surface area contributed by atoms with Crippen molar-refractivity contribution in [2.24, 2.45) is 0 Å². The highest BCUT2D eigenvalue weighted by atomic mass is 19.1. The van der Waals surface area contributed by atoms with Gasteiger partial charge in [0, 0.05) is 23.7 Å². The standard InChI is InChI=1S/C18H18FN5/c19-13-7-5-12(6-8-13)16(18-20-9-10-21-18)24-17-14-3-1-2-4-15(14)22-11-23-17/h5-11,16H,1-4H2,(H,20,21)(H,22,23,24). The number of rotatable bonds is 4. The molecule has 0 spiro atoms. The number of benzene rings is 1. The van der Waals surface area contributed by atoms with Crippen LogP contribution in [-0.2, 0) is 12.8 Å². The first-order valence-corrected chi connectivity index (χ1v) is 8.15. The van der Waals surface area contributed by atoms with Crippen LogP contribution in [0.15, 0.2) is 43.0 Å². The minimum atomic E-state index is -0.253.